The fraction of sp³-hybridized carbons (Fsp3) is 0.118. The zero-order chi connectivity index (χ0) is 14.5. The highest BCUT2D eigenvalue weighted by Crippen LogP contribution is 2.24. The van der Waals surface area contributed by atoms with E-state index < -0.39 is 0 Å². The predicted molar refractivity (Wildman–Crippen MR) is 97.3 cm³/mol. The van der Waals surface area contributed by atoms with Crippen molar-refractivity contribution in [2.75, 3.05) is 12.4 Å². The van der Waals surface area contributed by atoms with Crippen molar-refractivity contribution in [3.05, 3.63) is 65.0 Å². The Morgan fingerprint density at radius 1 is 0.955 bits per heavy atom. The quantitative estimate of drug-likeness (QED) is 0.711. The number of anilines is 2. The summed E-state index contributed by atoms with van der Waals surface area (Å²) in [5.41, 5.74) is 4.36. The molecule has 2 N–H and O–H groups in total. The molecule has 0 aliphatic rings. The van der Waals surface area contributed by atoms with E-state index in [1.807, 2.05) is 25.2 Å². The monoisotopic (exact) mass is 331 g/mol. The maximum atomic E-state index is 4.62. The summed E-state index contributed by atoms with van der Waals surface area (Å²) < 4.78 is 0. The van der Waals surface area contributed by atoms with Gasteiger partial charge in [0, 0.05) is 28.9 Å². The molecule has 114 valence electrons. The molecule has 3 nitrogen and oxygen atoms in total. The zero-order valence-corrected chi connectivity index (χ0v) is 13.9. The van der Waals surface area contributed by atoms with Crippen LogP contribution in [0.15, 0.2) is 60.0 Å². The van der Waals surface area contributed by atoms with Crippen LogP contribution in [0.1, 0.15) is 5.01 Å². The molecule has 0 radical (unpaired) electrons. The van der Waals surface area contributed by atoms with E-state index in [1.54, 1.807) is 11.3 Å². The van der Waals surface area contributed by atoms with Crippen LogP contribution in [0, 0.1) is 0 Å². The third-order valence-corrected chi connectivity index (χ3v) is 3.97. The highest BCUT2D eigenvalue weighted by Gasteiger charge is 2.04. The Morgan fingerprint density at radius 3 is 2.32 bits per heavy atom. The van der Waals surface area contributed by atoms with Crippen LogP contribution in [0.4, 0.5) is 11.4 Å². The first-order chi connectivity index (χ1) is 10.3. The Hall–Kier alpha value is -1.88. The number of benzene rings is 2. The van der Waals surface area contributed by atoms with Gasteiger partial charge in [0.25, 0.3) is 0 Å². The predicted octanol–water partition coefficient (Wildman–Crippen LogP) is 4.69. The molecule has 0 unspecified atom stereocenters. The summed E-state index contributed by atoms with van der Waals surface area (Å²) in [6.45, 7) is 0.818. The van der Waals surface area contributed by atoms with Gasteiger partial charge in [-0.2, -0.15) is 0 Å². The van der Waals surface area contributed by atoms with E-state index >= 15 is 0 Å². The number of nitrogens with zero attached hydrogens (tertiary/aromatic N) is 1. The highest BCUT2D eigenvalue weighted by atomic mass is 35.5. The second kappa shape index (κ2) is 7.94. The first-order valence-electron chi connectivity index (χ1n) is 6.86. The molecule has 22 heavy (non-hydrogen) atoms. The topological polar surface area (TPSA) is 37.0 Å². The Balaban J connectivity index is 0.00000176. The highest BCUT2D eigenvalue weighted by molar-refractivity contribution is 7.09. The lowest BCUT2D eigenvalue weighted by Gasteiger charge is -2.06. The molecule has 0 aliphatic carbocycles. The van der Waals surface area contributed by atoms with E-state index in [9.17, 15) is 0 Å². The van der Waals surface area contributed by atoms with Gasteiger partial charge in [-0.15, -0.1) is 23.7 Å². The van der Waals surface area contributed by atoms with Crippen molar-refractivity contribution < 1.29 is 0 Å². The summed E-state index contributed by atoms with van der Waals surface area (Å²) in [6.07, 6.45) is 0. The molecule has 0 saturated heterocycles. The lowest BCUT2D eigenvalue weighted by molar-refractivity contribution is 0.811. The van der Waals surface area contributed by atoms with Crippen LogP contribution in [0.5, 0.6) is 0 Å². The molecule has 0 amide bonds. The van der Waals surface area contributed by atoms with E-state index in [0.717, 1.165) is 34.2 Å². The van der Waals surface area contributed by atoms with Gasteiger partial charge >= 0.3 is 0 Å². The van der Waals surface area contributed by atoms with Gasteiger partial charge in [-0.3, -0.25) is 0 Å². The minimum absolute atomic E-state index is 0. The summed E-state index contributed by atoms with van der Waals surface area (Å²) in [4.78, 5) is 4.62. The second-order valence-electron chi connectivity index (χ2n) is 4.73. The number of thiazole rings is 1. The summed E-state index contributed by atoms with van der Waals surface area (Å²) in [6, 6.07) is 18.5. The van der Waals surface area contributed by atoms with E-state index in [0.29, 0.717) is 0 Å². The summed E-state index contributed by atoms with van der Waals surface area (Å²) in [5, 5.41) is 9.72. The van der Waals surface area contributed by atoms with Gasteiger partial charge in [-0.1, -0.05) is 30.3 Å². The standard InChI is InChI=1S/C17H17N3S.ClH/c1-18-11-17-20-16(12-21-17)13-7-9-15(10-8-13)19-14-5-3-2-4-6-14;/h2-10,12,18-19H,11H2,1H3;1H. The van der Waals surface area contributed by atoms with E-state index in [1.165, 1.54) is 0 Å². The van der Waals surface area contributed by atoms with Crippen molar-refractivity contribution in [2.45, 2.75) is 6.54 Å². The fourth-order valence-electron chi connectivity index (χ4n) is 2.09. The van der Waals surface area contributed by atoms with Crippen molar-refractivity contribution in [2.24, 2.45) is 0 Å². The molecular weight excluding hydrogens is 314 g/mol. The lowest BCUT2D eigenvalue weighted by Crippen LogP contribution is -2.04. The molecule has 1 aromatic heterocycles. The van der Waals surface area contributed by atoms with Gasteiger partial charge in [0.15, 0.2) is 0 Å². The molecule has 0 saturated carbocycles. The van der Waals surface area contributed by atoms with Gasteiger partial charge in [0.2, 0.25) is 0 Å². The van der Waals surface area contributed by atoms with Crippen molar-refractivity contribution >= 4 is 35.1 Å². The number of hydrogen-bond acceptors (Lipinski definition) is 4. The number of rotatable bonds is 5. The van der Waals surface area contributed by atoms with Crippen LogP contribution in [-0.2, 0) is 6.54 Å². The van der Waals surface area contributed by atoms with Gasteiger partial charge in [-0.05, 0) is 31.3 Å². The van der Waals surface area contributed by atoms with Crippen molar-refractivity contribution in [1.29, 1.82) is 0 Å². The Labute approximate surface area is 140 Å². The van der Waals surface area contributed by atoms with Gasteiger partial charge in [0.05, 0.1) is 5.69 Å². The molecule has 5 heteroatoms. The van der Waals surface area contributed by atoms with Crippen molar-refractivity contribution in [3.63, 3.8) is 0 Å². The van der Waals surface area contributed by atoms with Crippen LogP contribution >= 0.6 is 23.7 Å². The Bertz CT molecular complexity index is 695. The molecule has 0 atom stereocenters. The molecule has 0 bridgehead atoms. The average molecular weight is 332 g/mol. The first kappa shape index (κ1) is 16.5. The first-order valence-corrected chi connectivity index (χ1v) is 7.74. The van der Waals surface area contributed by atoms with Gasteiger partial charge < -0.3 is 10.6 Å². The molecule has 3 rings (SSSR count). The number of halogens is 1. The Kier molecular flexibility index (Phi) is 5.95. The number of para-hydroxylation sites is 1. The SMILES string of the molecule is CNCc1nc(-c2ccc(Nc3ccccc3)cc2)cs1.Cl. The van der Waals surface area contributed by atoms with Crippen LogP contribution in [0.25, 0.3) is 11.3 Å². The Morgan fingerprint density at radius 2 is 1.64 bits per heavy atom. The third-order valence-electron chi connectivity index (χ3n) is 3.12. The van der Waals surface area contributed by atoms with Crippen LogP contribution in [0.2, 0.25) is 0 Å². The maximum Gasteiger partial charge on any atom is 0.107 e. The van der Waals surface area contributed by atoms with Crippen molar-refractivity contribution in [1.82, 2.24) is 10.3 Å². The van der Waals surface area contributed by atoms with E-state index in [2.05, 4.69) is 57.4 Å². The third kappa shape index (κ3) is 4.07. The van der Waals surface area contributed by atoms with Crippen LogP contribution < -0.4 is 10.6 Å². The largest absolute Gasteiger partial charge is 0.356 e. The maximum absolute atomic E-state index is 4.62. The summed E-state index contributed by atoms with van der Waals surface area (Å²) >= 11 is 1.69. The van der Waals surface area contributed by atoms with Gasteiger partial charge in [-0.25, -0.2) is 4.98 Å². The molecule has 0 fully saturated rings. The number of aromatic nitrogens is 1. The minimum atomic E-state index is 0. The van der Waals surface area contributed by atoms with Crippen LogP contribution in [-0.4, -0.2) is 12.0 Å². The summed E-state index contributed by atoms with van der Waals surface area (Å²) in [7, 11) is 1.94. The molecule has 0 aliphatic heterocycles. The van der Waals surface area contributed by atoms with E-state index in [-0.39, 0.29) is 12.4 Å². The van der Waals surface area contributed by atoms with Crippen molar-refractivity contribution in [3.8, 4) is 11.3 Å². The molecule has 1 heterocycles. The second-order valence-corrected chi connectivity index (χ2v) is 5.67. The molecular formula is C17H18ClN3S. The average Bonchev–Trinajstić information content (AvgIpc) is 2.98. The minimum Gasteiger partial charge on any atom is -0.356 e. The van der Waals surface area contributed by atoms with Gasteiger partial charge in [0.1, 0.15) is 5.01 Å². The van der Waals surface area contributed by atoms with E-state index in [4.69, 9.17) is 0 Å². The molecule has 2 aromatic carbocycles. The van der Waals surface area contributed by atoms with Crippen LogP contribution in [0.3, 0.4) is 0 Å². The summed E-state index contributed by atoms with van der Waals surface area (Å²) in [5.74, 6) is 0. The molecule has 3 aromatic rings. The lowest BCUT2D eigenvalue weighted by atomic mass is 10.1. The molecule has 0 spiro atoms. The smallest absolute Gasteiger partial charge is 0.107 e. The number of nitrogens with one attached hydrogen (secondary N) is 2. The fourth-order valence-corrected chi connectivity index (χ4v) is 2.90. The zero-order valence-electron chi connectivity index (χ0n) is 12.2. The normalized spacial score (nSPS) is 10.0. The number of hydrogen-bond donors (Lipinski definition) is 2.